The number of ether oxygens (including phenoxy) is 4. The van der Waals surface area contributed by atoms with Gasteiger partial charge in [0.1, 0.15) is 19.3 Å². The Kier molecular flexibility index (Phi) is 66.6. The van der Waals surface area contributed by atoms with E-state index < -0.39 is 97.5 Å². The third kappa shape index (κ3) is 68.5. The van der Waals surface area contributed by atoms with Crippen LogP contribution in [-0.4, -0.2) is 96.7 Å². The second kappa shape index (κ2) is 69.5. The summed E-state index contributed by atoms with van der Waals surface area (Å²) in [6, 6.07) is 0. The highest BCUT2D eigenvalue weighted by Gasteiger charge is 2.30. The van der Waals surface area contributed by atoms with E-state index in [1.807, 2.05) is 18.2 Å². The van der Waals surface area contributed by atoms with E-state index in [4.69, 9.17) is 37.0 Å². The van der Waals surface area contributed by atoms with Crippen molar-refractivity contribution in [2.75, 3.05) is 39.6 Å². The largest absolute Gasteiger partial charge is 0.472 e. The fourth-order valence-corrected chi connectivity index (χ4v) is 11.4. The number of phosphoric ester groups is 2. The molecule has 0 bridgehead atoms. The van der Waals surface area contributed by atoms with Gasteiger partial charge in [-0.1, -0.05) is 279 Å². The van der Waals surface area contributed by atoms with Crippen LogP contribution in [0.25, 0.3) is 0 Å². The van der Waals surface area contributed by atoms with Gasteiger partial charge in [-0.05, 0) is 103 Å². The number of hydrogen-bond donors (Lipinski definition) is 3. The standard InChI is InChI=1S/C77H134O17P2/c1-5-9-13-17-21-25-29-33-35-39-41-45-49-53-57-61-74(79)87-67-72(93-76(81)63-59-55-51-47-43-37-31-27-23-19-15-11-7-3)69-91-95(83,84)89-65-71(78)66-90-96(85,86)92-70-73(94-77(82)64-60-56-52-48-44-38-32-28-24-20-16-12-8-4)68-88-75(80)62-58-54-50-46-42-40-36-34-30-26-22-18-14-10-6-2/h9,13,15,19,21,25,27,31,33-36,41,45,53,57,71-73,78H,5-8,10-12,14,16-18,20,22-24,26,28-30,32,37-40,42-44,46-52,54-56,58-70H2,1-4H3,(H,83,84)(H,85,86)/b13-9-,19-15-,25-21-,31-27-,35-33-,36-34-,45-41-,57-53-. The molecule has 0 aliphatic heterocycles. The molecule has 554 valence electrons. The second-order valence-corrected chi connectivity index (χ2v) is 27.8. The molecule has 96 heavy (non-hydrogen) atoms. The van der Waals surface area contributed by atoms with Gasteiger partial charge in [0.05, 0.1) is 32.8 Å². The molecule has 0 spiro atoms. The van der Waals surface area contributed by atoms with Gasteiger partial charge in [0.25, 0.3) is 0 Å². The Labute approximate surface area is 582 Å². The third-order valence-corrected chi connectivity index (χ3v) is 17.4. The van der Waals surface area contributed by atoms with Crippen LogP contribution in [0.3, 0.4) is 0 Å². The molecule has 0 radical (unpaired) electrons. The number of rotatable bonds is 70. The highest BCUT2D eigenvalue weighted by atomic mass is 31.2. The maximum absolute atomic E-state index is 13.1. The van der Waals surface area contributed by atoms with Crippen molar-refractivity contribution in [3.05, 3.63) is 97.2 Å². The predicted molar refractivity (Wildman–Crippen MR) is 390 cm³/mol. The number of hydrogen-bond acceptors (Lipinski definition) is 15. The Morgan fingerprint density at radius 2 is 0.604 bits per heavy atom. The van der Waals surface area contributed by atoms with Gasteiger partial charge in [-0.15, -0.1) is 0 Å². The summed E-state index contributed by atoms with van der Waals surface area (Å²) in [5.74, 6) is -2.33. The molecule has 0 saturated carbocycles. The Balaban J connectivity index is 5.40. The first-order valence-corrected chi connectivity index (χ1v) is 40.5. The molecule has 17 nitrogen and oxygen atoms in total. The molecule has 0 aromatic rings. The summed E-state index contributed by atoms with van der Waals surface area (Å²) in [6.07, 6.45) is 71.5. The van der Waals surface area contributed by atoms with Gasteiger partial charge in [-0.2, -0.15) is 0 Å². The number of aliphatic hydroxyl groups excluding tert-OH is 1. The van der Waals surface area contributed by atoms with Crippen molar-refractivity contribution in [1.29, 1.82) is 0 Å². The molecule has 0 saturated heterocycles. The minimum absolute atomic E-state index is 0.0590. The number of carbonyl (C=O) groups is 4. The Bertz CT molecular complexity index is 2200. The van der Waals surface area contributed by atoms with Crippen LogP contribution in [-0.2, 0) is 65.4 Å². The quantitative estimate of drug-likeness (QED) is 0.0169. The van der Waals surface area contributed by atoms with E-state index in [1.165, 1.54) is 89.9 Å². The summed E-state index contributed by atoms with van der Waals surface area (Å²) < 4.78 is 68.3. The van der Waals surface area contributed by atoms with Crippen LogP contribution in [0.4, 0.5) is 0 Å². The van der Waals surface area contributed by atoms with E-state index in [0.29, 0.717) is 25.7 Å². The molecular formula is C77H134O17P2. The molecule has 0 amide bonds. The maximum Gasteiger partial charge on any atom is 0.472 e. The third-order valence-electron chi connectivity index (χ3n) is 15.5. The number of phosphoric acid groups is 2. The van der Waals surface area contributed by atoms with Gasteiger partial charge >= 0.3 is 39.5 Å². The number of esters is 4. The summed E-state index contributed by atoms with van der Waals surface area (Å²) in [5.41, 5.74) is 0. The van der Waals surface area contributed by atoms with E-state index in [1.54, 1.807) is 6.08 Å². The summed E-state index contributed by atoms with van der Waals surface area (Å²) in [7, 11) is -9.97. The topological polar surface area (TPSA) is 237 Å². The second-order valence-electron chi connectivity index (χ2n) is 24.9. The van der Waals surface area contributed by atoms with Gasteiger partial charge in [-0.3, -0.25) is 37.3 Å². The van der Waals surface area contributed by atoms with Gasteiger partial charge in [-0.25, -0.2) is 9.13 Å². The Hall–Kier alpha value is -4.02. The zero-order valence-electron chi connectivity index (χ0n) is 60.3. The van der Waals surface area contributed by atoms with Gasteiger partial charge in [0, 0.05) is 19.3 Å². The maximum atomic E-state index is 13.1. The smallest absolute Gasteiger partial charge is 0.462 e. The van der Waals surface area contributed by atoms with Crippen molar-refractivity contribution >= 4 is 39.5 Å². The highest BCUT2D eigenvalue weighted by molar-refractivity contribution is 7.47. The van der Waals surface area contributed by atoms with E-state index >= 15 is 0 Å². The lowest BCUT2D eigenvalue weighted by atomic mass is 10.0. The van der Waals surface area contributed by atoms with Gasteiger partial charge in [0.2, 0.25) is 0 Å². The molecule has 0 aromatic heterocycles. The van der Waals surface area contributed by atoms with Crippen LogP contribution in [0.15, 0.2) is 97.2 Å². The first-order chi connectivity index (χ1) is 46.7. The molecule has 19 heteroatoms. The summed E-state index contributed by atoms with van der Waals surface area (Å²) in [5, 5.41) is 10.6. The molecule has 0 heterocycles. The minimum Gasteiger partial charge on any atom is -0.462 e. The molecule has 5 unspecified atom stereocenters. The molecule has 0 rings (SSSR count). The van der Waals surface area contributed by atoms with Gasteiger partial charge < -0.3 is 33.8 Å². The number of carbonyl (C=O) groups excluding carboxylic acids is 4. The summed E-state index contributed by atoms with van der Waals surface area (Å²) in [6.45, 7) is 4.56. The fraction of sp³-hybridized carbons (Fsp3) is 0.740. The van der Waals surface area contributed by atoms with Crippen molar-refractivity contribution in [3.63, 3.8) is 0 Å². The van der Waals surface area contributed by atoms with Crippen LogP contribution in [0.5, 0.6) is 0 Å². The van der Waals surface area contributed by atoms with Crippen molar-refractivity contribution in [2.24, 2.45) is 0 Å². The van der Waals surface area contributed by atoms with E-state index in [-0.39, 0.29) is 25.7 Å². The molecular weight excluding hydrogens is 1260 g/mol. The van der Waals surface area contributed by atoms with Crippen molar-refractivity contribution in [2.45, 2.75) is 329 Å². The van der Waals surface area contributed by atoms with Crippen LogP contribution < -0.4 is 0 Å². The molecule has 0 aliphatic rings. The zero-order chi connectivity index (χ0) is 70.4. The Morgan fingerprint density at radius 1 is 0.312 bits per heavy atom. The average Bonchev–Trinajstić information content (AvgIpc) is 1.14. The van der Waals surface area contributed by atoms with Crippen molar-refractivity contribution < 1.29 is 80.2 Å². The van der Waals surface area contributed by atoms with Crippen molar-refractivity contribution in [3.8, 4) is 0 Å². The number of allylic oxidation sites excluding steroid dienone is 15. The van der Waals surface area contributed by atoms with Crippen LogP contribution in [0, 0.1) is 0 Å². The molecule has 0 aromatic carbocycles. The number of unbranched alkanes of at least 4 members (excludes halogenated alkanes) is 29. The average molecular weight is 1390 g/mol. The van der Waals surface area contributed by atoms with Crippen molar-refractivity contribution in [1.82, 2.24) is 0 Å². The van der Waals surface area contributed by atoms with E-state index in [2.05, 4.69) is 101 Å². The van der Waals surface area contributed by atoms with E-state index in [9.17, 15) is 43.2 Å². The van der Waals surface area contributed by atoms with Crippen LogP contribution in [0.2, 0.25) is 0 Å². The molecule has 5 atom stereocenters. The lowest BCUT2D eigenvalue weighted by molar-refractivity contribution is -0.161. The monoisotopic (exact) mass is 1390 g/mol. The molecule has 0 fully saturated rings. The lowest BCUT2D eigenvalue weighted by Crippen LogP contribution is -2.30. The first kappa shape index (κ1) is 92.0. The molecule has 3 N–H and O–H groups in total. The minimum atomic E-state index is -4.99. The van der Waals surface area contributed by atoms with Gasteiger partial charge in [0.15, 0.2) is 12.2 Å². The van der Waals surface area contributed by atoms with Crippen LogP contribution in [0.1, 0.15) is 310 Å². The Morgan fingerprint density at radius 3 is 0.979 bits per heavy atom. The van der Waals surface area contributed by atoms with E-state index in [0.717, 1.165) is 141 Å². The number of aliphatic hydroxyl groups is 1. The summed E-state index contributed by atoms with van der Waals surface area (Å²) >= 11 is 0. The molecule has 0 aliphatic carbocycles. The lowest BCUT2D eigenvalue weighted by Gasteiger charge is -2.21. The predicted octanol–water partition coefficient (Wildman–Crippen LogP) is 21.2. The summed E-state index contributed by atoms with van der Waals surface area (Å²) in [4.78, 5) is 72.7. The first-order valence-electron chi connectivity index (χ1n) is 37.5. The highest BCUT2D eigenvalue weighted by Crippen LogP contribution is 2.45. The zero-order valence-corrected chi connectivity index (χ0v) is 62.1. The van der Waals surface area contributed by atoms with Crippen LogP contribution >= 0.6 is 15.6 Å². The SMILES string of the molecule is CC/C=C\C/C=C\C/C=C\C/C=C\C/C=C\CC(=O)OCC(COP(=O)(O)OCC(O)COP(=O)(O)OCC(COC(=O)CCCCCCC/C=C\CCCCCCCC)OC(=O)CCCCCCCCCCCCCCC)OC(=O)CCCCCCC/C=C\C/C=C\CCC. The normalized spacial score (nSPS) is 14.5. The fourth-order valence-electron chi connectivity index (χ4n) is 9.86.